The van der Waals surface area contributed by atoms with E-state index < -0.39 is 0 Å². The molecule has 0 aliphatic heterocycles. The van der Waals surface area contributed by atoms with Gasteiger partial charge in [0.1, 0.15) is 11.3 Å². The van der Waals surface area contributed by atoms with Crippen molar-refractivity contribution in [3.8, 4) is 11.3 Å². The molecule has 0 fully saturated rings. The highest BCUT2D eigenvalue weighted by molar-refractivity contribution is 6.04. The van der Waals surface area contributed by atoms with Crippen molar-refractivity contribution in [3.63, 3.8) is 0 Å². The number of aromatic nitrogens is 1. The summed E-state index contributed by atoms with van der Waals surface area (Å²) in [7, 11) is 0. The molecular formula is C18H11NO2. The molecule has 0 saturated heterocycles. The summed E-state index contributed by atoms with van der Waals surface area (Å²) >= 11 is 0. The average molecular weight is 273 g/mol. The molecule has 0 atom stereocenters. The van der Waals surface area contributed by atoms with Crippen molar-refractivity contribution in [2.75, 3.05) is 0 Å². The Morgan fingerprint density at radius 2 is 1.67 bits per heavy atom. The molecule has 2 heterocycles. The van der Waals surface area contributed by atoms with Crippen LogP contribution in [0.2, 0.25) is 0 Å². The smallest absolute Gasteiger partial charge is 0.193 e. The summed E-state index contributed by atoms with van der Waals surface area (Å²) in [6.45, 7) is 0. The Hall–Kier alpha value is -2.94. The van der Waals surface area contributed by atoms with Crippen molar-refractivity contribution in [3.05, 3.63) is 77.2 Å². The molecule has 100 valence electrons. The van der Waals surface area contributed by atoms with Gasteiger partial charge in [0.25, 0.3) is 0 Å². The van der Waals surface area contributed by atoms with Crippen LogP contribution < -0.4 is 5.43 Å². The normalized spacial score (nSPS) is 11.0. The summed E-state index contributed by atoms with van der Waals surface area (Å²) in [5, 5.41) is 2.61. The quantitative estimate of drug-likeness (QED) is 0.492. The lowest BCUT2D eigenvalue weighted by Crippen LogP contribution is -2.00. The van der Waals surface area contributed by atoms with Crippen molar-refractivity contribution in [2.45, 2.75) is 0 Å². The van der Waals surface area contributed by atoms with Crippen molar-refractivity contribution >= 4 is 21.7 Å². The first kappa shape index (κ1) is 11.9. The fourth-order valence-electron chi connectivity index (χ4n) is 2.54. The molecule has 2 aromatic carbocycles. The molecule has 0 spiro atoms. The Morgan fingerprint density at radius 1 is 0.857 bits per heavy atom. The van der Waals surface area contributed by atoms with Gasteiger partial charge in [-0.1, -0.05) is 30.3 Å². The highest BCUT2D eigenvalue weighted by atomic mass is 16.3. The number of fused-ring (bicyclic) bond motifs is 3. The molecule has 3 heteroatoms. The minimum Gasteiger partial charge on any atom is -0.455 e. The summed E-state index contributed by atoms with van der Waals surface area (Å²) in [5.74, 6) is 0.561. The van der Waals surface area contributed by atoms with Gasteiger partial charge >= 0.3 is 0 Å². The van der Waals surface area contributed by atoms with Gasteiger partial charge in [-0.15, -0.1) is 0 Å². The maximum absolute atomic E-state index is 12.3. The summed E-state index contributed by atoms with van der Waals surface area (Å²) in [5.41, 5.74) is 1.44. The molecule has 21 heavy (non-hydrogen) atoms. The number of nitrogens with zero attached hydrogens (tertiary/aromatic N) is 1. The number of pyridine rings is 1. The maximum Gasteiger partial charge on any atom is 0.193 e. The number of benzene rings is 2. The summed E-state index contributed by atoms with van der Waals surface area (Å²) in [6, 6.07) is 16.8. The van der Waals surface area contributed by atoms with Crippen molar-refractivity contribution in [2.24, 2.45) is 0 Å². The van der Waals surface area contributed by atoms with Gasteiger partial charge in [-0.3, -0.25) is 9.78 Å². The monoisotopic (exact) mass is 273 g/mol. The lowest BCUT2D eigenvalue weighted by atomic mass is 10.1. The molecule has 0 amide bonds. The Balaban J connectivity index is 2.13. The predicted octanol–water partition coefficient (Wildman–Crippen LogP) is 4.01. The summed E-state index contributed by atoms with van der Waals surface area (Å²) in [6.07, 6.45) is 3.37. The zero-order valence-electron chi connectivity index (χ0n) is 11.1. The van der Waals surface area contributed by atoms with E-state index in [2.05, 4.69) is 4.98 Å². The van der Waals surface area contributed by atoms with Gasteiger partial charge in [-0.25, -0.2) is 0 Å². The van der Waals surface area contributed by atoms with Crippen LogP contribution in [0, 0.1) is 0 Å². The van der Waals surface area contributed by atoms with Crippen LogP contribution in [0.1, 0.15) is 0 Å². The van der Waals surface area contributed by atoms with Crippen molar-refractivity contribution in [1.82, 2.24) is 4.98 Å². The maximum atomic E-state index is 12.3. The average Bonchev–Trinajstić information content (AvgIpc) is 2.55. The predicted molar refractivity (Wildman–Crippen MR) is 83.2 cm³/mol. The molecule has 3 nitrogen and oxygen atoms in total. The summed E-state index contributed by atoms with van der Waals surface area (Å²) < 4.78 is 6.01. The Kier molecular flexibility index (Phi) is 2.57. The van der Waals surface area contributed by atoms with E-state index >= 15 is 0 Å². The van der Waals surface area contributed by atoms with E-state index in [0.29, 0.717) is 16.7 Å². The van der Waals surface area contributed by atoms with Crippen LogP contribution in [0.25, 0.3) is 33.1 Å². The molecule has 2 aromatic heterocycles. The molecule has 0 saturated carbocycles. The molecule has 0 bridgehead atoms. The summed E-state index contributed by atoms with van der Waals surface area (Å²) in [4.78, 5) is 16.3. The molecular weight excluding hydrogens is 262 g/mol. The molecule has 0 aliphatic carbocycles. The van der Waals surface area contributed by atoms with Gasteiger partial charge in [-0.05, 0) is 23.6 Å². The van der Waals surface area contributed by atoms with E-state index in [1.165, 1.54) is 6.07 Å². The fourth-order valence-corrected chi connectivity index (χ4v) is 2.54. The number of hydrogen-bond donors (Lipinski definition) is 0. The van der Waals surface area contributed by atoms with Gasteiger partial charge in [0.05, 0.1) is 5.39 Å². The third-order valence-corrected chi connectivity index (χ3v) is 3.58. The van der Waals surface area contributed by atoms with Gasteiger partial charge in [0.15, 0.2) is 5.43 Å². The Bertz CT molecular complexity index is 1000. The number of rotatable bonds is 1. The standard InChI is InChI=1S/C18H11NO2/c20-16-11-17(13-7-9-19-10-8-13)21-18-14-4-2-1-3-12(14)5-6-15(16)18/h1-11H. The van der Waals surface area contributed by atoms with E-state index in [0.717, 1.165) is 16.3 Å². The lowest BCUT2D eigenvalue weighted by Gasteiger charge is -2.05. The second-order valence-corrected chi connectivity index (χ2v) is 4.87. The van der Waals surface area contributed by atoms with Gasteiger partial charge in [-0.2, -0.15) is 0 Å². The van der Waals surface area contributed by atoms with Crippen LogP contribution in [0.5, 0.6) is 0 Å². The van der Waals surface area contributed by atoms with E-state index in [1.807, 2.05) is 48.5 Å². The number of hydrogen-bond acceptors (Lipinski definition) is 3. The molecule has 0 radical (unpaired) electrons. The van der Waals surface area contributed by atoms with Gasteiger partial charge in [0, 0.05) is 29.4 Å². The SMILES string of the molecule is O=c1cc(-c2ccncc2)oc2c1ccc1ccccc12. The first-order valence-electron chi connectivity index (χ1n) is 6.69. The Labute approximate surface area is 120 Å². The van der Waals surface area contributed by atoms with Crippen LogP contribution in [0.4, 0.5) is 0 Å². The van der Waals surface area contributed by atoms with Crippen LogP contribution in [-0.4, -0.2) is 4.98 Å². The largest absolute Gasteiger partial charge is 0.455 e. The minimum absolute atomic E-state index is 0.0335. The minimum atomic E-state index is -0.0335. The third kappa shape index (κ3) is 1.91. The van der Waals surface area contributed by atoms with Crippen LogP contribution in [-0.2, 0) is 0 Å². The highest BCUT2D eigenvalue weighted by Gasteiger charge is 2.09. The van der Waals surface area contributed by atoms with Crippen LogP contribution in [0.3, 0.4) is 0 Å². The lowest BCUT2D eigenvalue weighted by molar-refractivity contribution is 0.622. The van der Waals surface area contributed by atoms with E-state index in [-0.39, 0.29) is 5.43 Å². The zero-order valence-corrected chi connectivity index (χ0v) is 11.1. The van der Waals surface area contributed by atoms with Crippen molar-refractivity contribution in [1.29, 1.82) is 0 Å². The van der Waals surface area contributed by atoms with E-state index in [4.69, 9.17) is 4.42 Å². The van der Waals surface area contributed by atoms with E-state index in [9.17, 15) is 4.79 Å². The van der Waals surface area contributed by atoms with Gasteiger partial charge in [0.2, 0.25) is 0 Å². The Morgan fingerprint density at radius 3 is 2.52 bits per heavy atom. The van der Waals surface area contributed by atoms with Crippen LogP contribution in [0.15, 0.2) is 76.2 Å². The van der Waals surface area contributed by atoms with Gasteiger partial charge < -0.3 is 4.42 Å². The molecule has 0 aliphatic rings. The van der Waals surface area contributed by atoms with E-state index in [1.54, 1.807) is 12.4 Å². The van der Waals surface area contributed by atoms with Crippen LogP contribution >= 0.6 is 0 Å². The third-order valence-electron chi connectivity index (χ3n) is 3.58. The second kappa shape index (κ2) is 4.56. The molecule has 0 N–H and O–H groups in total. The first-order chi connectivity index (χ1) is 10.3. The topological polar surface area (TPSA) is 43.1 Å². The zero-order chi connectivity index (χ0) is 14.2. The molecule has 4 rings (SSSR count). The van der Waals surface area contributed by atoms with Crippen molar-refractivity contribution < 1.29 is 4.42 Å². The second-order valence-electron chi connectivity index (χ2n) is 4.87. The highest BCUT2D eigenvalue weighted by Crippen LogP contribution is 2.27. The molecule has 0 unspecified atom stereocenters. The fraction of sp³-hybridized carbons (Fsp3) is 0. The first-order valence-corrected chi connectivity index (χ1v) is 6.69. The molecule has 4 aromatic rings.